The molecule has 3 N–H and O–H groups in total. The predicted molar refractivity (Wildman–Crippen MR) is 154 cm³/mol. The van der Waals surface area contributed by atoms with Crippen molar-refractivity contribution in [2.45, 2.75) is 80.1 Å². The van der Waals surface area contributed by atoms with E-state index in [-0.39, 0.29) is 11.7 Å². The van der Waals surface area contributed by atoms with Crippen LogP contribution in [-0.2, 0) is 0 Å². The lowest BCUT2D eigenvalue weighted by Crippen LogP contribution is -2.25. The van der Waals surface area contributed by atoms with E-state index in [1.54, 1.807) is 0 Å². The lowest BCUT2D eigenvalue weighted by molar-refractivity contribution is 0.0952. The molecule has 2 aromatic heterocycles. The van der Waals surface area contributed by atoms with E-state index >= 15 is 0 Å². The van der Waals surface area contributed by atoms with E-state index in [1.165, 1.54) is 16.7 Å². The second kappa shape index (κ2) is 15.7. The second-order valence-corrected chi connectivity index (χ2v) is 9.10. The number of unbranched alkanes of at least 4 members (excludes halogenated alkanes) is 3. The molecule has 6 nitrogen and oxygen atoms in total. The van der Waals surface area contributed by atoms with E-state index in [0.717, 1.165) is 54.8 Å². The molecule has 0 atom stereocenters. The molecule has 0 spiro atoms. The molecule has 6 heteroatoms. The average molecular weight is 495 g/mol. The predicted octanol–water partition coefficient (Wildman–Crippen LogP) is 7.61. The first-order chi connectivity index (χ1) is 17.2. The van der Waals surface area contributed by atoms with E-state index in [9.17, 15) is 4.79 Å². The molecule has 2 rings (SSSR count). The van der Waals surface area contributed by atoms with Crippen LogP contribution in [0.2, 0.25) is 0 Å². The van der Waals surface area contributed by atoms with Crippen molar-refractivity contribution >= 4 is 17.2 Å². The molecule has 0 radical (unpaired) electrons. The third-order valence-corrected chi connectivity index (χ3v) is 6.31. The topological polar surface area (TPSA) is 78.7 Å². The summed E-state index contributed by atoms with van der Waals surface area (Å²) in [6.07, 6.45) is 9.54. The quantitative estimate of drug-likeness (QED) is 0.116. The van der Waals surface area contributed by atoms with Crippen LogP contribution in [0.25, 0.3) is 5.65 Å². The standard InChI is InChI=1S/C28H42N4O2.C2H4/c1-8-23(9-2)25(19(3)4)17-30-26-16-24(18-32-22(7)21(6)31-27(26)32)28(34)29-15-13-11-10-12-14-20(5)33;1-2/h8,16,18,30,33H,5,9-15,17H2,1-4,6-7H3,(H,29,34);1-2H2/b23-8-;. The zero-order chi connectivity index (χ0) is 27.3. The van der Waals surface area contributed by atoms with Gasteiger partial charge in [-0.1, -0.05) is 38.0 Å². The zero-order valence-corrected chi connectivity index (χ0v) is 23.3. The highest BCUT2D eigenvalue weighted by Gasteiger charge is 2.15. The highest BCUT2D eigenvalue weighted by Crippen LogP contribution is 2.24. The SMILES string of the molecule is C=C.C=C(O)CCCCCCNC(=O)c1cc(NCC(=C(C)C)/C(=C\C)CC)c2nc(C)c(C)n2c1. The van der Waals surface area contributed by atoms with Crippen molar-refractivity contribution in [2.24, 2.45) is 0 Å². The zero-order valence-electron chi connectivity index (χ0n) is 23.3. The number of carbonyl (C=O) groups is 1. The summed E-state index contributed by atoms with van der Waals surface area (Å²) in [6.45, 7) is 23.4. The number of nitrogens with one attached hydrogen (secondary N) is 2. The summed E-state index contributed by atoms with van der Waals surface area (Å²) in [5.74, 6) is 0.163. The molecule has 0 saturated heterocycles. The Balaban J connectivity index is 0.00000316. The van der Waals surface area contributed by atoms with Crippen molar-refractivity contribution in [3.05, 3.63) is 77.5 Å². The molecule has 1 amide bonds. The van der Waals surface area contributed by atoms with Crippen LogP contribution in [0.5, 0.6) is 0 Å². The van der Waals surface area contributed by atoms with Gasteiger partial charge in [-0.25, -0.2) is 4.98 Å². The number of amides is 1. The minimum Gasteiger partial charge on any atom is -0.513 e. The summed E-state index contributed by atoms with van der Waals surface area (Å²) in [5, 5.41) is 15.8. The number of aryl methyl sites for hydroxylation is 2. The highest BCUT2D eigenvalue weighted by molar-refractivity contribution is 5.96. The Morgan fingerprint density at radius 1 is 1.17 bits per heavy atom. The van der Waals surface area contributed by atoms with E-state index in [1.807, 2.05) is 30.5 Å². The summed E-state index contributed by atoms with van der Waals surface area (Å²) >= 11 is 0. The number of nitrogens with zero attached hydrogens (tertiary/aromatic N) is 2. The van der Waals surface area contributed by atoms with Gasteiger partial charge in [0.2, 0.25) is 0 Å². The van der Waals surface area contributed by atoms with Crippen LogP contribution in [0, 0.1) is 13.8 Å². The number of aliphatic hydroxyl groups excluding tert-OH is 1. The maximum atomic E-state index is 12.9. The Labute approximate surface area is 217 Å². The Morgan fingerprint density at radius 2 is 1.83 bits per heavy atom. The molecule has 0 saturated carbocycles. The normalized spacial score (nSPS) is 11.0. The second-order valence-electron chi connectivity index (χ2n) is 9.10. The fourth-order valence-electron chi connectivity index (χ4n) is 4.12. The van der Waals surface area contributed by atoms with Gasteiger partial charge in [-0.15, -0.1) is 13.2 Å². The molecule has 2 aromatic rings. The first-order valence-electron chi connectivity index (χ1n) is 12.9. The third-order valence-electron chi connectivity index (χ3n) is 6.31. The maximum Gasteiger partial charge on any atom is 0.252 e. The maximum absolute atomic E-state index is 12.9. The molecule has 0 bridgehead atoms. The van der Waals surface area contributed by atoms with Crippen LogP contribution < -0.4 is 10.6 Å². The van der Waals surface area contributed by atoms with Crippen LogP contribution in [0.3, 0.4) is 0 Å². The number of allylic oxidation sites excluding steroid dienone is 3. The number of aromatic nitrogens is 2. The number of hydrogen-bond acceptors (Lipinski definition) is 4. The average Bonchev–Trinajstić information content (AvgIpc) is 3.15. The molecule has 2 heterocycles. The third kappa shape index (κ3) is 8.74. The van der Waals surface area contributed by atoms with Gasteiger partial charge in [-0.2, -0.15) is 0 Å². The number of carbonyl (C=O) groups excluding carboxylic acids is 1. The fourth-order valence-corrected chi connectivity index (χ4v) is 4.12. The number of anilines is 1. The first kappa shape index (κ1) is 30.8. The van der Waals surface area contributed by atoms with Crippen LogP contribution in [-0.4, -0.2) is 33.5 Å². The molecular formula is C30H46N4O2. The van der Waals surface area contributed by atoms with E-state index in [4.69, 9.17) is 10.1 Å². The lowest BCUT2D eigenvalue weighted by atomic mass is 9.99. The monoisotopic (exact) mass is 494 g/mol. The van der Waals surface area contributed by atoms with Gasteiger partial charge < -0.3 is 20.1 Å². The Kier molecular flexibility index (Phi) is 13.4. The number of aliphatic hydroxyl groups is 1. The molecule has 0 aliphatic heterocycles. The largest absolute Gasteiger partial charge is 0.513 e. The van der Waals surface area contributed by atoms with Gasteiger partial charge in [0.05, 0.1) is 22.7 Å². The van der Waals surface area contributed by atoms with Gasteiger partial charge in [0.15, 0.2) is 5.65 Å². The number of fused-ring (bicyclic) bond motifs is 1. The smallest absolute Gasteiger partial charge is 0.252 e. The van der Waals surface area contributed by atoms with Crippen molar-refractivity contribution in [3.8, 4) is 0 Å². The Morgan fingerprint density at radius 3 is 2.42 bits per heavy atom. The van der Waals surface area contributed by atoms with Crippen molar-refractivity contribution in [1.29, 1.82) is 0 Å². The fraction of sp³-hybridized carbons (Fsp3) is 0.467. The lowest BCUT2D eigenvalue weighted by Gasteiger charge is -2.16. The molecule has 198 valence electrons. The van der Waals surface area contributed by atoms with Crippen LogP contribution in [0.1, 0.15) is 88.0 Å². The van der Waals surface area contributed by atoms with Crippen molar-refractivity contribution in [1.82, 2.24) is 14.7 Å². The minimum atomic E-state index is -0.0791. The van der Waals surface area contributed by atoms with E-state index in [0.29, 0.717) is 25.1 Å². The Bertz CT molecular complexity index is 1090. The summed E-state index contributed by atoms with van der Waals surface area (Å²) < 4.78 is 2.01. The summed E-state index contributed by atoms with van der Waals surface area (Å²) in [4.78, 5) is 17.7. The van der Waals surface area contributed by atoms with Gasteiger partial charge in [0.1, 0.15) is 0 Å². The van der Waals surface area contributed by atoms with Crippen molar-refractivity contribution in [2.75, 3.05) is 18.4 Å². The van der Waals surface area contributed by atoms with Crippen molar-refractivity contribution < 1.29 is 9.90 Å². The van der Waals surface area contributed by atoms with Gasteiger partial charge >= 0.3 is 0 Å². The summed E-state index contributed by atoms with van der Waals surface area (Å²) in [5.41, 5.74) is 8.21. The van der Waals surface area contributed by atoms with Crippen LogP contribution in [0.4, 0.5) is 5.69 Å². The van der Waals surface area contributed by atoms with Crippen LogP contribution >= 0.6 is 0 Å². The van der Waals surface area contributed by atoms with Gasteiger partial charge in [-0.05, 0) is 71.1 Å². The van der Waals surface area contributed by atoms with Gasteiger partial charge in [0.25, 0.3) is 5.91 Å². The minimum absolute atomic E-state index is 0.0791. The number of hydrogen-bond donors (Lipinski definition) is 3. The molecule has 0 fully saturated rings. The number of rotatable bonds is 13. The van der Waals surface area contributed by atoms with Crippen molar-refractivity contribution in [3.63, 3.8) is 0 Å². The molecule has 36 heavy (non-hydrogen) atoms. The summed E-state index contributed by atoms with van der Waals surface area (Å²) in [7, 11) is 0. The number of pyridine rings is 1. The van der Waals surface area contributed by atoms with E-state index in [2.05, 4.69) is 64.1 Å². The molecule has 0 aromatic carbocycles. The Hall–Kier alpha value is -3.28. The summed E-state index contributed by atoms with van der Waals surface area (Å²) in [6, 6.07) is 1.91. The molecular weight excluding hydrogens is 448 g/mol. The highest BCUT2D eigenvalue weighted by atomic mass is 16.3. The molecule has 0 aliphatic rings. The first-order valence-corrected chi connectivity index (χ1v) is 12.9. The van der Waals surface area contributed by atoms with Crippen LogP contribution in [0.15, 0.2) is 60.6 Å². The van der Waals surface area contributed by atoms with Gasteiger partial charge in [-0.3, -0.25) is 4.79 Å². The van der Waals surface area contributed by atoms with Gasteiger partial charge in [0, 0.05) is 31.4 Å². The molecule has 0 unspecified atom stereocenters. The van der Waals surface area contributed by atoms with E-state index < -0.39 is 0 Å². The molecule has 0 aliphatic carbocycles. The number of imidazole rings is 1.